The van der Waals surface area contributed by atoms with Gasteiger partial charge in [-0.25, -0.2) is 4.79 Å². The molecule has 1 aromatic heterocycles. The summed E-state index contributed by atoms with van der Waals surface area (Å²) in [6.07, 6.45) is 1.45. The number of rotatable bonds is 1. The van der Waals surface area contributed by atoms with Crippen LogP contribution >= 0.6 is 0 Å². The number of carbonyl (C=O) groups excluding carboxylic acids is 1. The lowest BCUT2D eigenvalue weighted by atomic mass is 10.0. The summed E-state index contributed by atoms with van der Waals surface area (Å²) in [7, 11) is 0. The van der Waals surface area contributed by atoms with Gasteiger partial charge >= 0.3 is 5.97 Å². The van der Waals surface area contributed by atoms with Gasteiger partial charge in [-0.2, -0.15) is 0 Å². The zero-order valence-electron chi connectivity index (χ0n) is 12.4. The summed E-state index contributed by atoms with van der Waals surface area (Å²) >= 11 is 0. The van der Waals surface area contributed by atoms with Gasteiger partial charge in [0.05, 0.1) is 18.7 Å². The van der Waals surface area contributed by atoms with Crippen LogP contribution in [0.5, 0.6) is 0 Å². The molecule has 0 N–H and O–H groups in total. The van der Waals surface area contributed by atoms with Crippen LogP contribution in [0.2, 0.25) is 0 Å². The number of fused-ring (bicyclic) bond motifs is 4. The first-order valence-electron chi connectivity index (χ1n) is 7.58. The van der Waals surface area contributed by atoms with Crippen LogP contribution in [0.25, 0.3) is 10.9 Å². The predicted octanol–water partition coefficient (Wildman–Crippen LogP) is 3.40. The molecule has 1 aromatic carbocycles. The smallest absolute Gasteiger partial charge is 0.357 e. The topological polar surface area (TPSA) is 40.5 Å². The first-order valence-corrected chi connectivity index (χ1v) is 7.58. The number of hydrogen-bond acceptors (Lipinski definition) is 3. The Kier molecular flexibility index (Phi) is 2.67. The fourth-order valence-electron chi connectivity index (χ4n) is 3.47. The van der Waals surface area contributed by atoms with E-state index in [0.717, 1.165) is 23.7 Å². The quantitative estimate of drug-likeness (QED) is 0.754. The molecule has 21 heavy (non-hydrogen) atoms. The fourth-order valence-corrected chi connectivity index (χ4v) is 3.47. The average molecular weight is 285 g/mol. The van der Waals surface area contributed by atoms with Crippen LogP contribution in [0.1, 0.15) is 48.7 Å². The fraction of sp³-hybridized carbons (Fsp3) is 0.471. The van der Waals surface area contributed by atoms with E-state index in [2.05, 4.69) is 36.6 Å². The summed E-state index contributed by atoms with van der Waals surface area (Å²) in [5.41, 5.74) is 2.52. The monoisotopic (exact) mass is 285 g/mol. The maximum absolute atomic E-state index is 12.2. The van der Waals surface area contributed by atoms with Crippen molar-refractivity contribution in [1.82, 2.24) is 4.57 Å². The molecular formula is C17H19NO3. The molecule has 2 aliphatic rings. The van der Waals surface area contributed by atoms with Crippen molar-refractivity contribution in [2.75, 3.05) is 13.2 Å². The standard InChI is InChI=1S/C17H19NO3/c1-11(2)12-3-4-14-13(9-12)10-15-16(19)21-17(18(14)15)5-7-20-8-6-17/h3-4,9-11H,5-8H2,1-2H3. The lowest BCUT2D eigenvalue weighted by molar-refractivity contribution is -0.108. The minimum Gasteiger partial charge on any atom is -0.434 e. The number of ether oxygens (including phenoxy) is 2. The number of aromatic nitrogens is 1. The van der Waals surface area contributed by atoms with E-state index < -0.39 is 5.72 Å². The van der Waals surface area contributed by atoms with Crippen molar-refractivity contribution in [3.63, 3.8) is 0 Å². The van der Waals surface area contributed by atoms with E-state index in [0.29, 0.717) is 24.8 Å². The first kappa shape index (κ1) is 12.9. The van der Waals surface area contributed by atoms with Crippen molar-refractivity contribution in [3.8, 4) is 0 Å². The third-order valence-corrected chi connectivity index (χ3v) is 4.67. The number of nitrogens with zero attached hydrogens (tertiary/aromatic N) is 1. The number of hydrogen-bond donors (Lipinski definition) is 0. The van der Waals surface area contributed by atoms with Crippen LogP contribution in [0, 0.1) is 0 Å². The molecule has 0 bridgehead atoms. The number of esters is 1. The van der Waals surface area contributed by atoms with Crippen LogP contribution in [0.3, 0.4) is 0 Å². The molecule has 2 aliphatic heterocycles. The number of benzene rings is 1. The molecule has 0 amide bonds. The Labute approximate surface area is 123 Å². The van der Waals surface area contributed by atoms with E-state index >= 15 is 0 Å². The van der Waals surface area contributed by atoms with Crippen molar-refractivity contribution in [1.29, 1.82) is 0 Å². The highest BCUT2D eigenvalue weighted by atomic mass is 16.6. The van der Waals surface area contributed by atoms with Gasteiger partial charge in [-0.3, -0.25) is 4.57 Å². The molecule has 3 heterocycles. The minimum absolute atomic E-state index is 0.209. The zero-order chi connectivity index (χ0) is 14.6. The highest BCUT2D eigenvalue weighted by molar-refractivity contribution is 5.98. The van der Waals surface area contributed by atoms with E-state index in [1.807, 2.05) is 6.07 Å². The van der Waals surface area contributed by atoms with Crippen molar-refractivity contribution < 1.29 is 14.3 Å². The van der Waals surface area contributed by atoms with Crippen LogP contribution in [-0.2, 0) is 15.2 Å². The van der Waals surface area contributed by atoms with Gasteiger partial charge in [-0.15, -0.1) is 0 Å². The molecule has 4 nitrogen and oxygen atoms in total. The molecule has 1 saturated heterocycles. The van der Waals surface area contributed by atoms with Crippen molar-refractivity contribution in [3.05, 3.63) is 35.5 Å². The summed E-state index contributed by atoms with van der Waals surface area (Å²) in [4.78, 5) is 12.2. The maximum Gasteiger partial charge on any atom is 0.357 e. The van der Waals surface area contributed by atoms with Crippen molar-refractivity contribution in [2.45, 2.75) is 38.3 Å². The highest BCUT2D eigenvalue weighted by Crippen LogP contribution is 2.42. The van der Waals surface area contributed by atoms with Crippen LogP contribution in [0.15, 0.2) is 24.3 Å². The van der Waals surface area contributed by atoms with Crippen LogP contribution in [-0.4, -0.2) is 23.8 Å². The number of carbonyl (C=O) groups is 1. The van der Waals surface area contributed by atoms with Crippen molar-refractivity contribution >= 4 is 16.9 Å². The van der Waals surface area contributed by atoms with Gasteiger partial charge < -0.3 is 9.47 Å². The summed E-state index contributed by atoms with van der Waals surface area (Å²) in [5, 5.41) is 1.12. The normalized spacial score (nSPS) is 20.2. The molecule has 0 radical (unpaired) electrons. The Morgan fingerprint density at radius 2 is 1.95 bits per heavy atom. The first-order chi connectivity index (χ1) is 10.1. The molecule has 1 fully saturated rings. The second-order valence-electron chi connectivity index (χ2n) is 6.29. The molecule has 0 atom stereocenters. The molecule has 4 rings (SSSR count). The van der Waals surface area contributed by atoms with E-state index in [1.165, 1.54) is 5.56 Å². The molecule has 0 saturated carbocycles. The average Bonchev–Trinajstić information content (AvgIpc) is 2.97. The second-order valence-corrected chi connectivity index (χ2v) is 6.29. The van der Waals surface area contributed by atoms with Gasteiger partial charge in [-0.1, -0.05) is 19.9 Å². The molecule has 110 valence electrons. The van der Waals surface area contributed by atoms with E-state index in [4.69, 9.17) is 9.47 Å². The Balaban J connectivity index is 1.93. The third kappa shape index (κ3) is 1.75. The van der Waals surface area contributed by atoms with Gasteiger partial charge in [0.25, 0.3) is 0 Å². The molecule has 0 unspecified atom stereocenters. The van der Waals surface area contributed by atoms with E-state index in [1.54, 1.807) is 0 Å². The largest absolute Gasteiger partial charge is 0.434 e. The summed E-state index contributed by atoms with van der Waals surface area (Å²) in [6, 6.07) is 8.42. The Bertz CT molecular complexity index is 723. The molecule has 1 spiro atoms. The molecule has 4 heteroatoms. The second kappa shape index (κ2) is 4.34. The SMILES string of the molecule is CC(C)c1ccc2c(c1)cc1n2C2(CCOCC2)OC1=O. The van der Waals surface area contributed by atoms with E-state index in [-0.39, 0.29) is 5.97 Å². The highest BCUT2D eigenvalue weighted by Gasteiger charge is 2.47. The van der Waals surface area contributed by atoms with E-state index in [9.17, 15) is 4.79 Å². The van der Waals surface area contributed by atoms with Gasteiger partial charge in [0.15, 0.2) is 5.72 Å². The minimum atomic E-state index is -0.536. The summed E-state index contributed by atoms with van der Waals surface area (Å²) in [6.45, 7) is 5.63. The predicted molar refractivity (Wildman–Crippen MR) is 79.5 cm³/mol. The van der Waals surface area contributed by atoms with Crippen LogP contribution in [0.4, 0.5) is 0 Å². The lowest BCUT2D eigenvalue weighted by Crippen LogP contribution is -2.38. The lowest BCUT2D eigenvalue weighted by Gasteiger charge is -2.34. The van der Waals surface area contributed by atoms with Crippen molar-refractivity contribution in [2.24, 2.45) is 0 Å². The molecule has 2 aromatic rings. The molecule has 0 aliphatic carbocycles. The van der Waals surface area contributed by atoms with Gasteiger partial charge in [0.2, 0.25) is 0 Å². The maximum atomic E-state index is 12.2. The Hall–Kier alpha value is -1.81. The summed E-state index contributed by atoms with van der Waals surface area (Å²) in [5.74, 6) is 0.271. The molecular weight excluding hydrogens is 266 g/mol. The zero-order valence-corrected chi connectivity index (χ0v) is 12.4. The van der Waals surface area contributed by atoms with Gasteiger partial charge in [-0.05, 0) is 29.7 Å². The Morgan fingerprint density at radius 3 is 2.67 bits per heavy atom. The summed E-state index contributed by atoms with van der Waals surface area (Å²) < 4.78 is 13.3. The van der Waals surface area contributed by atoms with Crippen LogP contribution < -0.4 is 0 Å². The third-order valence-electron chi connectivity index (χ3n) is 4.67. The Morgan fingerprint density at radius 1 is 1.19 bits per heavy atom. The van der Waals surface area contributed by atoms with Gasteiger partial charge in [0, 0.05) is 18.2 Å². The van der Waals surface area contributed by atoms with Gasteiger partial charge in [0.1, 0.15) is 5.69 Å².